The van der Waals surface area contributed by atoms with E-state index in [0.717, 1.165) is 12.1 Å². The third-order valence-corrected chi connectivity index (χ3v) is 4.74. The minimum atomic E-state index is 0.0713. The minimum absolute atomic E-state index is 0.0713. The lowest BCUT2D eigenvalue weighted by Gasteiger charge is -2.22. The fourth-order valence-corrected chi connectivity index (χ4v) is 3.31. The molecule has 4 nitrogen and oxygen atoms in total. The van der Waals surface area contributed by atoms with Crippen LogP contribution in [0.5, 0.6) is 5.88 Å². The first-order valence-electron chi connectivity index (χ1n) is 9.04. The molecular weight excluding hydrogens is 300 g/mol. The van der Waals surface area contributed by atoms with Crippen LogP contribution in [-0.2, 0) is 13.2 Å². The highest BCUT2D eigenvalue weighted by molar-refractivity contribution is 5.94. The first kappa shape index (κ1) is 16.7. The number of ether oxygens (including phenoxy) is 1. The summed E-state index contributed by atoms with van der Waals surface area (Å²) in [7, 11) is 0. The van der Waals surface area contributed by atoms with Crippen molar-refractivity contribution in [3.8, 4) is 5.88 Å². The third kappa shape index (κ3) is 4.25. The Morgan fingerprint density at radius 1 is 1.21 bits per heavy atom. The Bertz CT molecular complexity index is 658. The van der Waals surface area contributed by atoms with Gasteiger partial charge < -0.3 is 4.74 Å². The average molecular weight is 326 g/mol. The molecule has 0 N–H and O–H groups in total. The van der Waals surface area contributed by atoms with E-state index in [1.54, 1.807) is 6.07 Å². The summed E-state index contributed by atoms with van der Waals surface area (Å²) < 4.78 is 7.89. The van der Waals surface area contributed by atoms with Gasteiger partial charge in [0.05, 0.1) is 0 Å². The lowest BCUT2D eigenvalue weighted by atomic mass is 9.89. The second-order valence-electron chi connectivity index (χ2n) is 6.60. The molecule has 1 aromatic carbocycles. The van der Waals surface area contributed by atoms with Crippen molar-refractivity contribution in [3.05, 3.63) is 47.7 Å². The van der Waals surface area contributed by atoms with Gasteiger partial charge in [0.15, 0.2) is 5.78 Å². The predicted octanol–water partition coefficient (Wildman–Crippen LogP) is 4.64. The van der Waals surface area contributed by atoms with Crippen molar-refractivity contribution in [1.29, 1.82) is 0 Å². The highest BCUT2D eigenvalue weighted by Crippen LogP contribution is 2.27. The Labute approximate surface area is 143 Å². The fraction of sp³-hybridized carbons (Fsp3) is 0.500. The monoisotopic (exact) mass is 326 g/mol. The maximum Gasteiger partial charge on any atom is 0.212 e. The normalized spacial score (nSPS) is 15.4. The van der Waals surface area contributed by atoms with Crippen LogP contribution in [0, 0.1) is 5.92 Å². The summed E-state index contributed by atoms with van der Waals surface area (Å²) in [6.07, 6.45) is 6.90. The molecule has 1 aliphatic rings. The number of benzene rings is 1. The van der Waals surface area contributed by atoms with Gasteiger partial charge in [-0.15, -0.1) is 0 Å². The van der Waals surface area contributed by atoms with Crippen LogP contribution >= 0.6 is 0 Å². The number of ketones is 1. The predicted molar refractivity (Wildman–Crippen MR) is 94.2 cm³/mol. The second-order valence-corrected chi connectivity index (χ2v) is 6.60. The first-order valence-corrected chi connectivity index (χ1v) is 9.04. The van der Waals surface area contributed by atoms with Crippen molar-refractivity contribution in [2.45, 2.75) is 58.6 Å². The number of rotatable bonds is 7. The zero-order valence-electron chi connectivity index (χ0n) is 14.4. The average Bonchev–Trinajstić information content (AvgIpc) is 3.04. The van der Waals surface area contributed by atoms with Gasteiger partial charge >= 0.3 is 0 Å². The molecule has 0 atom stereocenters. The minimum Gasteiger partial charge on any atom is -0.473 e. The molecule has 0 aliphatic heterocycles. The quantitative estimate of drug-likeness (QED) is 0.697. The van der Waals surface area contributed by atoms with Gasteiger partial charge in [-0.3, -0.25) is 4.79 Å². The Hall–Kier alpha value is -2.10. The molecule has 0 amide bonds. The molecule has 0 bridgehead atoms. The zero-order valence-corrected chi connectivity index (χ0v) is 14.4. The number of nitrogens with zero attached hydrogens (tertiary/aromatic N) is 2. The molecule has 3 rings (SSSR count). The van der Waals surface area contributed by atoms with Crippen LogP contribution in [0.1, 0.15) is 61.5 Å². The van der Waals surface area contributed by atoms with E-state index < -0.39 is 0 Å². The van der Waals surface area contributed by atoms with Gasteiger partial charge in [0.25, 0.3) is 0 Å². The summed E-state index contributed by atoms with van der Waals surface area (Å²) in [6, 6.07) is 11.9. The summed E-state index contributed by atoms with van der Waals surface area (Å²) in [4.78, 5) is 12.0. The number of carbonyl (C=O) groups excluding carboxylic acids is 1. The van der Waals surface area contributed by atoms with Crippen LogP contribution in [-0.4, -0.2) is 15.6 Å². The van der Waals surface area contributed by atoms with Gasteiger partial charge in [-0.1, -0.05) is 56.5 Å². The molecule has 1 fully saturated rings. The molecule has 0 spiro atoms. The number of hydrogen-bond donors (Lipinski definition) is 0. The van der Waals surface area contributed by atoms with E-state index in [0.29, 0.717) is 30.5 Å². The van der Waals surface area contributed by atoms with E-state index >= 15 is 0 Å². The summed E-state index contributed by atoms with van der Waals surface area (Å²) in [5.41, 5.74) is 1.64. The van der Waals surface area contributed by atoms with Gasteiger partial charge in [0.1, 0.15) is 12.3 Å². The number of aromatic nitrogens is 2. The van der Waals surface area contributed by atoms with Crippen molar-refractivity contribution in [3.63, 3.8) is 0 Å². The van der Waals surface area contributed by atoms with E-state index in [-0.39, 0.29) is 5.78 Å². The fourth-order valence-electron chi connectivity index (χ4n) is 3.31. The van der Waals surface area contributed by atoms with E-state index in [9.17, 15) is 4.79 Å². The maximum atomic E-state index is 12.0. The molecule has 0 saturated heterocycles. The number of carbonyl (C=O) groups is 1. The number of Topliss-reactive ketones (excluding diaryl/α,β-unsaturated/α-hetero) is 1. The Balaban J connectivity index is 1.74. The van der Waals surface area contributed by atoms with Crippen molar-refractivity contribution < 1.29 is 9.53 Å². The molecule has 0 unspecified atom stereocenters. The number of hydrogen-bond acceptors (Lipinski definition) is 3. The molecule has 1 heterocycles. The molecule has 128 valence electrons. The molecule has 1 saturated carbocycles. The lowest BCUT2D eigenvalue weighted by molar-refractivity contribution is 0.0982. The van der Waals surface area contributed by atoms with E-state index in [2.05, 4.69) is 5.10 Å². The molecule has 2 aromatic rings. The molecular formula is C20H26N2O2. The van der Waals surface area contributed by atoms with Gasteiger partial charge in [-0.2, -0.15) is 5.10 Å². The zero-order chi connectivity index (χ0) is 16.8. The standard InChI is InChI=1S/C20H26N2O2/c1-2-19(23)18-13-20(24-15-17-11-7-4-8-12-17)22(21-18)14-16-9-5-3-6-10-16/h4,7-8,11-13,16H,2-3,5-6,9-10,14-15H2,1H3. The van der Waals surface area contributed by atoms with Gasteiger partial charge in [0, 0.05) is 19.0 Å². The van der Waals surface area contributed by atoms with Crippen LogP contribution < -0.4 is 4.74 Å². The van der Waals surface area contributed by atoms with Crippen molar-refractivity contribution in [2.75, 3.05) is 0 Å². The molecule has 0 radical (unpaired) electrons. The Kier molecular flexibility index (Phi) is 5.68. The Morgan fingerprint density at radius 3 is 2.67 bits per heavy atom. The maximum absolute atomic E-state index is 12.0. The highest BCUT2D eigenvalue weighted by Gasteiger charge is 2.19. The SMILES string of the molecule is CCC(=O)c1cc(OCc2ccccc2)n(CC2CCCCC2)n1. The third-order valence-electron chi connectivity index (χ3n) is 4.74. The van der Waals surface area contributed by atoms with Crippen LogP contribution in [0.15, 0.2) is 36.4 Å². The summed E-state index contributed by atoms with van der Waals surface area (Å²) in [6.45, 7) is 3.21. The molecule has 1 aliphatic carbocycles. The molecule has 1 aromatic heterocycles. The van der Waals surface area contributed by atoms with Gasteiger partial charge in [0.2, 0.25) is 5.88 Å². The van der Waals surface area contributed by atoms with Crippen LogP contribution in [0.25, 0.3) is 0 Å². The second kappa shape index (κ2) is 8.13. The van der Waals surface area contributed by atoms with E-state index in [1.807, 2.05) is 41.9 Å². The van der Waals surface area contributed by atoms with Crippen LogP contribution in [0.3, 0.4) is 0 Å². The van der Waals surface area contributed by atoms with Crippen molar-refractivity contribution >= 4 is 5.78 Å². The van der Waals surface area contributed by atoms with Gasteiger partial charge in [-0.05, 0) is 24.3 Å². The molecule has 4 heteroatoms. The summed E-state index contributed by atoms with van der Waals surface area (Å²) in [5.74, 6) is 1.42. The van der Waals surface area contributed by atoms with Crippen LogP contribution in [0.4, 0.5) is 0 Å². The van der Waals surface area contributed by atoms with E-state index in [1.165, 1.54) is 32.1 Å². The van der Waals surface area contributed by atoms with Crippen molar-refractivity contribution in [1.82, 2.24) is 9.78 Å². The lowest BCUT2D eigenvalue weighted by Crippen LogP contribution is -2.16. The first-order chi connectivity index (χ1) is 11.8. The molecule has 24 heavy (non-hydrogen) atoms. The van der Waals surface area contributed by atoms with E-state index in [4.69, 9.17) is 4.74 Å². The smallest absolute Gasteiger partial charge is 0.212 e. The van der Waals surface area contributed by atoms with Gasteiger partial charge in [-0.25, -0.2) is 4.68 Å². The largest absolute Gasteiger partial charge is 0.473 e. The summed E-state index contributed by atoms with van der Waals surface area (Å²) >= 11 is 0. The van der Waals surface area contributed by atoms with Crippen LogP contribution in [0.2, 0.25) is 0 Å². The Morgan fingerprint density at radius 2 is 1.96 bits per heavy atom. The topological polar surface area (TPSA) is 44.1 Å². The summed E-state index contributed by atoms with van der Waals surface area (Å²) in [5, 5.41) is 4.53. The van der Waals surface area contributed by atoms with Crippen molar-refractivity contribution in [2.24, 2.45) is 5.92 Å². The highest BCUT2D eigenvalue weighted by atomic mass is 16.5.